The van der Waals surface area contributed by atoms with E-state index in [9.17, 15) is 4.79 Å². The average Bonchev–Trinajstić information content (AvgIpc) is 2.90. The van der Waals surface area contributed by atoms with Gasteiger partial charge in [0, 0.05) is 12.2 Å². The SMILES string of the molecule is C[C@H]1CN(c2ccc(Cl)c(Cl)c2)C(=O)c2c(C#N)cnn21. The molecule has 1 aliphatic rings. The van der Waals surface area contributed by atoms with Gasteiger partial charge in [0.25, 0.3) is 5.91 Å². The summed E-state index contributed by atoms with van der Waals surface area (Å²) in [6.45, 7) is 2.39. The van der Waals surface area contributed by atoms with Gasteiger partial charge in [0.1, 0.15) is 17.3 Å². The van der Waals surface area contributed by atoms with Gasteiger partial charge in [-0.3, -0.25) is 9.48 Å². The number of anilines is 1. The van der Waals surface area contributed by atoms with Crippen molar-refractivity contribution in [2.45, 2.75) is 13.0 Å². The van der Waals surface area contributed by atoms with Gasteiger partial charge in [-0.2, -0.15) is 10.4 Å². The van der Waals surface area contributed by atoms with E-state index in [-0.39, 0.29) is 17.5 Å². The van der Waals surface area contributed by atoms with Gasteiger partial charge in [0.2, 0.25) is 0 Å². The van der Waals surface area contributed by atoms with Crippen molar-refractivity contribution in [3.8, 4) is 6.07 Å². The lowest BCUT2D eigenvalue weighted by molar-refractivity contribution is 0.0953. The van der Waals surface area contributed by atoms with Gasteiger partial charge in [-0.05, 0) is 25.1 Å². The number of fused-ring (bicyclic) bond motifs is 1. The number of carbonyl (C=O) groups is 1. The fourth-order valence-electron chi connectivity index (χ4n) is 2.42. The van der Waals surface area contributed by atoms with Crippen molar-refractivity contribution in [3.63, 3.8) is 0 Å². The van der Waals surface area contributed by atoms with Crippen LogP contribution in [0.25, 0.3) is 0 Å². The van der Waals surface area contributed by atoms with Gasteiger partial charge in [-0.1, -0.05) is 23.2 Å². The summed E-state index contributed by atoms with van der Waals surface area (Å²) in [5.74, 6) is -0.263. The van der Waals surface area contributed by atoms with E-state index in [1.54, 1.807) is 27.8 Å². The Kier molecular flexibility index (Phi) is 3.36. The Morgan fingerprint density at radius 1 is 1.38 bits per heavy atom. The number of halogens is 2. The maximum atomic E-state index is 12.6. The second-order valence-corrected chi connectivity index (χ2v) is 5.64. The molecule has 1 aromatic carbocycles. The molecule has 21 heavy (non-hydrogen) atoms. The molecule has 0 bridgehead atoms. The Morgan fingerprint density at radius 2 is 2.14 bits per heavy atom. The summed E-state index contributed by atoms with van der Waals surface area (Å²) < 4.78 is 1.59. The molecule has 0 radical (unpaired) electrons. The van der Waals surface area contributed by atoms with Crippen LogP contribution in [-0.4, -0.2) is 22.2 Å². The van der Waals surface area contributed by atoms with Crippen LogP contribution in [0, 0.1) is 11.3 Å². The Labute approximate surface area is 131 Å². The molecule has 0 aliphatic carbocycles. The fraction of sp³-hybridized carbons (Fsp3) is 0.214. The molecule has 3 rings (SSSR count). The minimum Gasteiger partial charge on any atom is -0.305 e. The predicted octanol–water partition coefficient (Wildman–Crippen LogP) is 3.28. The maximum Gasteiger partial charge on any atom is 0.278 e. The lowest BCUT2D eigenvalue weighted by atomic mass is 10.1. The average molecular weight is 321 g/mol. The first kappa shape index (κ1) is 13.9. The summed E-state index contributed by atoms with van der Waals surface area (Å²) >= 11 is 11.9. The highest BCUT2D eigenvalue weighted by Gasteiger charge is 2.33. The summed E-state index contributed by atoms with van der Waals surface area (Å²) in [7, 11) is 0. The van der Waals surface area contributed by atoms with E-state index in [1.165, 1.54) is 6.20 Å². The van der Waals surface area contributed by atoms with Crippen molar-refractivity contribution >= 4 is 34.8 Å². The number of hydrogen-bond donors (Lipinski definition) is 0. The summed E-state index contributed by atoms with van der Waals surface area (Å²) in [5, 5.41) is 14.0. The van der Waals surface area contributed by atoms with Crippen LogP contribution in [0.5, 0.6) is 0 Å². The molecule has 0 N–H and O–H groups in total. The fourth-order valence-corrected chi connectivity index (χ4v) is 2.71. The summed E-state index contributed by atoms with van der Waals surface area (Å²) in [6, 6.07) is 6.99. The molecule has 0 fully saturated rings. The van der Waals surface area contributed by atoms with Crippen LogP contribution in [0.1, 0.15) is 29.0 Å². The molecule has 7 heteroatoms. The summed E-state index contributed by atoms with van der Waals surface area (Å²) in [5.41, 5.74) is 1.23. The highest BCUT2D eigenvalue weighted by atomic mass is 35.5. The van der Waals surface area contributed by atoms with Crippen LogP contribution in [0.3, 0.4) is 0 Å². The minimum absolute atomic E-state index is 0.0331. The van der Waals surface area contributed by atoms with Crippen molar-refractivity contribution in [2.24, 2.45) is 0 Å². The number of carbonyl (C=O) groups excluding carboxylic acids is 1. The van der Waals surface area contributed by atoms with Crippen molar-refractivity contribution in [1.29, 1.82) is 5.26 Å². The van der Waals surface area contributed by atoms with Gasteiger partial charge < -0.3 is 4.90 Å². The van der Waals surface area contributed by atoms with E-state index in [0.29, 0.717) is 28.0 Å². The summed E-state index contributed by atoms with van der Waals surface area (Å²) in [4.78, 5) is 14.2. The number of aromatic nitrogens is 2. The zero-order valence-corrected chi connectivity index (χ0v) is 12.6. The largest absolute Gasteiger partial charge is 0.305 e. The van der Waals surface area contributed by atoms with Gasteiger partial charge in [0.05, 0.1) is 22.3 Å². The molecule has 106 valence electrons. The van der Waals surface area contributed by atoms with Crippen LogP contribution in [-0.2, 0) is 0 Å². The number of amides is 1. The first-order chi connectivity index (χ1) is 10.0. The molecule has 2 heterocycles. The molecule has 0 saturated carbocycles. The first-order valence-electron chi connectivity index (χ1n) is 6.27. The topological polar surface area (TPSA) is 61.9 Å². The Morgan fingerprint density at radius 3 is 2.81 bits per heavy atom. The zero-order valence-electron chi connectivity index (χ0n) is 11.0. The number of nitrogens with zero attached hydrogens (tertiary/aromatic N) is 4. The zero-order chi connectivity index (χ0) is 15.1. The molecule has 0 unspecified atom stereocenters. The maximum absolute atomic E-state index is 12.6. The van der Waals surface area contributed by atoms with E-state index in [0.717, 1.165) is 0 Å². The highest BCUT2D eigenvalue weighted by molar-refractivity contribution is 6.42. The number of hydrogen-bond acceptors (Lipinski definition) is 3. The van der Waals surface area contributed by atoms with E-state index in [1.807, 2.05) is 13.0 Å². The molecular weight excluding hydrogens is 311 g/mol. The van der Waals surface area contributed by atoms with Crippen molar-refractivity contribution < 1.29 is 4.79 Å². The molecule has 1 aromatic heterocycles. The normalized spacial score (nSPS) is 17.5. The lowest BCUT2D eigenvalue weighted by Gasteiger charge is -2.32. The number of benzene rings is 1. The van der Waals surface area contributed by atoms with E-state index < -0.39 is 0 Å². The van der Waals surface area contributed by atoms with E-state index in [2.05, 4.69) is 5.10 Å². The second kappa shape index (κ2) is 5.06. The predicted molar refractivity (Wildman–Crippen MR) is 79.8 cm³/mol. The molecule has 1 atom stereocenters. The van der Waals surface area contributed by atoms with Gasteiger partial charge in [0.15, 0.2) is 0 Å². The molecule has 0 spiro atoms. The monoisotopic (exact) mass is 320 g/mol. The van der Waals surface area contributed by atoms with Crippen molar-refractivity contribution in [2.75, 3.05) is 11.4 Å². The smallest absolute Gasteiger partial charge is 0.278 e. The lowest BCUT2D eigenvalue weighted by Crippen LogP contribution is -2.43. The van der Waals surface area contributed by atoms with Gasteiger partial charge >= 0.3 is 0 Å². The first-order valence-corrected chi connectivity index (χ1v) is 7.03. The van der Waals surface area contributed by atoms with Crippen LogP contribution in [0.4, 0.5) is 5.69 Å². The summed E-state index contributed by atoms with van der Waals surface area (Å²) in [6.07, 6.45) is 1.42. The van der Waals surface area contributed by atoms with Crippen LogP contribution in [0.15, 0.2) is 24.4 Å². The van der Waals surface area contributed by atoms with E-state index in [4.69, 9.17) is 28.5 Å². The van der Waals surface area contributed by atoms with Gasteiger partial charge in [-0.25, -0.2) is 0 Å². The standard InChI is InChI=1S/C14H10Cl2N4O/c1-8-7-19(10-2-3-11(15)12(16)4-10)14(21)13-9(5-17)6-18-20(8)13/h2-4,6,8H,7H2,1H3/t8-/m0/s1. The molecule has 5 nitrogen and oxygen atoms in total. The molecule has 0 saturated heterocycles. The Hall–Kier alpha value is -2.03. The van der Waals surface area contributed by atoms with Crippen LogP contribution in [0.2, 0.25) is 10.0 Å². The Bertz CT molecular complexity index is 778. The van der Waals surface area contributed by atoms with Crippen molar-refractivity contribution in [3.05, 3.63) is 45.7 Å². The third-order valence-electron chi connectivity index (χ3n) is 3.44. The third kappa shape index (κ3) is 2.17. The van der Waals surface area contributed by atoms with Crippen molar-refractivity contribution in [1.82, 2.24) is 9.78 Å². The third-order valence-corrected chi connectivity index (χ3v) is 4.18. The van der Waals surface area contributed by atoms with Crippen LogP contribution < -0.4 is 4.90 Å². The molecular formula is C14H10Cl2N4O. The Balaban J connectivity index is 2.08. The quantitative estimate of drug-likeness (QED) is 0.810. The molecule has 1 amide bonds. The molecule has 2 aromatic rings. The minimum atomic E-state index is -0.263. The van der Waals surface area contributed by atoms with Crippen LogP contribution >= 0.6 is 23.2 Å². The molecule has 1 aliphatic heterocycles. The highest BCUT2D eigenvalue weighted by Crippen LogP contribution is 2.31. The van der Waals surface area contributed by atoms with Gasteiger partial charge in [-0.15, -0.1) is 0 Å². The second-order valence-electron chi connectivity index (χ2n) is 4.83. The number of rotatable bonds is 1. The number of nitriles is 1. The van der Waals surface area contributed by atoms with E-state index >= 15 is 0 Å².